The third kappa shape index (κ3) is 2.36. The van der Waals surface area contributed by atoms with Crippen molar-refractivity contribution in [2.24, 2.45) is 10.8 Å². The normalized spacial score (nSPS) is 43.9. The monoisotopic (exact) mass is 541 g/mol. The minimum Gasteiger partial charge on any atom is -0.384 e. The Labute approximate surface area is 211 Å². The molecule has 0 radical (unpaired) electrons. The van der Waals surface area contributed by atoms with Gasteiger partial charge in [0, 0.05) is 17.3 Å². The number of nitrogens with zero attached hydrogens (tertiary/aromatic N) is 6. The van der Waals surface area contributed by atoms with Crippen LogP contribution >= 0.6 is 0 Å². The Morgan fingerprint density at radius 3 is 1.89 bits per heavy atom. The van der Waals surface area contributed by atoms with Crippen LogP contribution in [0.3, 0.4) is 0 Å². The molecule has 8 rings (SSSR count). The smallest absolute Gasteiger partial charge is 0.264 e. The largest absolute Gasteiger partial charge is 0.384 e. The van der Waals surface area contributed by atoms with Crippen LogP contribution in [0.4, 0.5) is 44.1 Å². The molecule has 4 aliphatic heterocycles. The third-order valence-corrected chi connectivity index (χ3v) is 9.56. The number of nitrogens with two attached hydrogens (primary N) is 1. The number of ether oxygens (including phenoxy) is 2. The molecule has 4 saturated heterocycles. The van der Waals surface area contributed by atoms with Gasteiger partial charge in [-0.2, -0.15) is 15.0 Å². The zero-order valence-electron chi connectivity index (χ0n) is 19.5. The lowest BCUT2D eigenvalue weighted by molar-refractivity contribution is -0.165. The van der Waals surface area contributed by atoms with Crippen LogP contribution in [0.5, 0.6) is 0 Å². The number of nitrogen functional groups attached to an aromatic ring is 1. The topological polar surface area (TPSA) is 103 Å². The van der Waals surface area contributed by atoms with Crippen LogP contribution in [0.1, 0.15) is 12.0 Å². The summed E-state index contributed by atoms with van der Waals surface area (Å²) in [5, 5.41) is 0. The van der Waals surface area contributed by atoms with Crippen LogP contribution < -0.4 is 15.5 Å². The molecule has 2 spiro atoms. The van der Waals surface area contributed by atoms with Crippen molar-refractivity contribution in [2.45, 2.75) is 55.3 Å². The molecule has 9 nitrogen and oxygen atoms in total. The lowest BCUT2D eigenvalue weighted by Gasteiger charge is -2.70. The number of anilines is 3. The van der Waals surface area contributed by atoms with E-state index in [1.807, 2.05) is 0 Å². The van der Waals surface area contributed by atoms with Crippen molar-refractivity contribution in [3.05, 3.63) is 17.8 Å². The summed E-state index contributed by atoms with van der Waals surface area (Å²) in [7, 11) is 0. The van der Waals surface area contributed by atoms with Crippen LogP contribution in [-0.4, -0.2) is 95.2 Å². The van der Waals surface area contributed by atoms with Crippen molar-refractivity contribution in [2.75, 3.05) is 42.0 Å². The highest BCUT2D eigenvalue weighted by atomic mass is 19.3. The number of rotatable bonds is 4. The maximum Gasteiger partial charge on any atom is 0.264 e. The summed E-state index contributed by atoms with van der Waals surface area (Å²) in [4.78, 5) is 20.1. The second kappa shape index (κ2) is 7.17. The predicted octanol–water partition coefficient (Wildman–Crippen LogP) is 1.98. The van der Waals surface area contributed by atoms with Crippen LogP contribution in [0.25, 0.3) is 11.4 Å². The van der Waals surface area contributed by atoms with Gasteiger partial charge in [-0.15, -0.1) is 0 Å². The zero-order valence-corrected chi connectivity index (χ0v) is 19.5. The molecule has 38 heavy (non-hydrogen) atoms. The van der Waals surface area contributed by atoms with E-state index < -0.39 is 71.7 Å². The highest BCUT2D eigenvalue weighted by Crippen LogP contribution is 2.65. The molecule has 6 fully saturated rings. The van der Waals surface area contributed by atoms with Crippen molar-refractivity contribution < 1.29 is 35.8 Å². The van der Waals surface area contributed by atoms with Gasteiger partial charge in [-0.3, -0.25) is 0 Å². The molecule has 2 N–H and O–H groups in total. The van der Waals surface area contributed by atoms with Gasteiger partial charge >= 0.3 is 0 Å². The van der Waals surface area contributed by atoms with E-state index >= 15 is 0 Å². The Balaban J connectivity index is 1.27. The molecule has 15 heteroatoms. The molecule has 2 aromatic heterocycles. The van der Waals surface area contributed by atoms with Crippen LogP contribution in [0.2, 0.25) is 0 Å². The van der Waals surface area contributed by atoms with Crippen molar-refractivity contribution in [1.29, 1.82) is 0 Å². The fourth-order valence-corrected chi connectivity index (χ4v) is 7.70. The second-order valence-corrected chi connectivity index (χ2v) is 10.9. The summed E-state index contributed by atoms with van der Waals surface area (Å²) in [5.74, 6) is -0.540. The molecule has 6 aliphatic rings. The number of piperidine rings is 2. The Bertz CT molecular complexity index is 1290. The highest BCUT2D eigenvalue weighted by Gasteiger charge is 2.82. The van der Waals surface area contributed by atoms with E-state index in [0.717, 1.165) is 12.3 Å². The summed E-state index contributed by atoms with van der Waals surface area (Å²) in [6, 6.07) is -1.98. The number of halogens is 6. The van der Waals surface area contributed by atoms with E-state index in [2.05, 4.69) is 19.9 Å². The summed E-state index contributed by atoms with van der Waals surface area (Å²) in [6.45, 7) is 0.293. The minimum absolute atomic E-state index is 0.0418. The highest BCUT2D eigenvalue weighted by molar-refractivity contribution is 5.66. The van der Waals surface area contributed by atoms with Gasteiger partial charge in [-0.1, -0.05) is 0 Å². The lowest BCUT2D eigenvalue weighted by atomic mass is 9.51. The molecule has 2 aromatic rings. The van der Waals surface area contributed by atoms with Crippen LogP contribution in [-0.2, 0) is 9.47 Å². The van der Waals surface area contributed by atoms with Crippen molar-refractivity contribution in [3.8, 4) is 11.4 Å². The third-order valence-electron chi connectivity index (χ3n) is 9.56. The quantitative estimate of drug-likeness (QED) is 0.583. The SMILES string of the molecule is Nc1cc(C(F)F)c(-c2nc(N3C4COCC45C(F)C(F)C35)nc(N3C4COCC45C(F)C(F)C35)n2)cn1. The fraction of sp³-hybridized carbons (Fsp3) is 0.652. The van der Waals surface area contributed by atoms with E-state index in [4.69, 9.17) is 15.2 Å². The van der Waals surface area contributed by atoms with E-state index in [-0.39, 0.29) is 55.5 Å². The van der Waals surface area contributed by atoms with Gasteiger partial charge in [0.25, 0.3) is 6.43 Å². The van der Waals surface area contributed by atoms with E-state index in [0.29, 0.717) is 0 Å². The Kier molecular flexibility index (Phi) is 4.34. The Morgan fingerprint density at radius 1 is 0.868 bits per heavy atom. The zero-order chi connectivity index (χ0) is 26.3. The number of hydrogen-bond acceptors (Lipinski definition) is 9. The first-order valence-corrected chi connectivity index (χ1v) is 12.3. The minimum atomic E-state index is -2.96. The Morgan fingerprint density at radius 2 is 1.39 bits per heavy atom. The summed E-state index contributed by atoms with van der Waals surface area (Å²) >= 11 is 0. The van der Waals surface area contributed by atoms with Gasteiger partial charge in [0.2, 0.25) is 11.9 Å². The molecule has 6 heterocycles. The average Bonchev–Trinajstić information content (AvgIpc) is 3.47. The van der Waals surface area contributed by atoms with Crippen molar-refractivity contribution in [1.82, 2.24) is 19.9 Å². The van der Waals surface area contributed by atoms with Crippen LogP contribution in [0, 0.1) is 10.8 Å². The Hall–Kier alpha value is -2.94. The van der Waals surface area contributed by atoms with Crippen LogP contribution in [0.15, 0.2) is 12.3 Å². The molecular weight excluding hydrogens is 520 g/mol. The molecule has 202 valence electrons. The molecule has 10 unspecified atom stereocenters. The average molecular weight is 541 g/mol. The standard InChI is InChI=1S/C23H21F6N7O2/c24-12-14(26)22-5-37-3-9(22)35(16(12)22)20-32-19(8-2-31-11(30)1-7(8)18(28)29)33-21(34-20)36-10-4-38-6-23(10)15(27)13(25)17(23)36/h1-2,9-10,12-18H,3-6H2,(H2,30,31). The number of aromatic nitrogens is 4. The summed E-state index contributed by atoms with van der Waals surface area (Å²) in [6.07, 6.45) is -8.92. The van der Waals surface area contributed by atoms with Gasteiger partial charge in [-0.05, 0) is 6.07 Å². The number of alkyl halides is 6. The predicted molar refractivity (Wildman–Crippen MR) is 119 cm³/mol. The molecule has 10 atom stereocenters. The van der Waals surface area contributed by atoms with Gasteiger partial charge in [0.05, 0.1) is 61.4 Å². The molecule has 0 aromatic carbocycles. The van der Waals surface area contributed by atoms with Crippen molar-refractivity contribution >= 4 is 17.7 Å². The lowest BCUT2D eigenvalue weighted by Crippen LogP contribution is -2.88. The second-order valence-electron chi connectivity index (χ2n) is 10.9. The molecule has 0 amide bonds. The first-order valence-electron chi connectivity index (χ1n) is 12.3. The first-order chi connectivity index (χ1) is 18.2. The van der Waals surface area contributed by atoms with E-state index in [9.17, 15) is 26.3 Å². The molecular formula is C23H21F6N7O2. The van der Waals surface area contributed by atoms with E-state index in [1.54, 1.807) is 0 Å². The van der Waals surface area contributed by atoms with Gasteiger partial charge in [0.1, 0.15) is 18.2 Å². The van der Waals surface area contributed by atoms with Gasteiger partial charge < -0.3 is 25.0 Å². The van der Waals surface area contributed by atoms with Gasteiger partial charge in [0.15, 0.2) is 18.2 Å². The number of hydrogen-bond donors (Lipinski definition) is 1. The van der Waals surface area contributed by atoms with Gasteiger partial charge in [-0.25, -0.2) is 31.3 Å². The first kappa shape index (κ1) is 23.0. The van der Waals surface area contributed by atoms with E-state index in [1.165, 1.54) is 9.80 Å². The molecule has 2 aliphatic carbocycles. The maximum absolute atomic E-state index is 14.8. The number of pyridine rings is 1. The molecule has 0 bridgehead atoms. The summed E-state index contributed by atoms with van der Waals surface area (Å²) < 4.78 is 97.6. The molecule has 2 saturated carbocycles. The maximum atomic E-state index is 14.8. The summed E-state index contributed by atoms with van der Waals surface area (Å²) in [5.41, 5.74) is 2.91. The van der Waals surface area contributed by atoms with Crippen molar-refractivity contribution in [3.63, 3.8) is 0 Å². The fourth-order valence-electron chi connectivity index (χ4n) is 7.70.